The number of carbonyl (C=O) groups is 5. The number of methoxy groups -OCH3 is 1. The number of rotatable bonds is 9. The first-order chi connectivity index (χ1) is 24.7. The molecule has 13 atom stereocenters. The Kier molecular flexibility index (Phi) is 13.4. The number of fused-ring (bicyclic) bond motifs is 1. The number of amides is 1. The highest BCUT2D eigenvalue weighted by Gasteiger charge is 2.59. The van der Waals surface area contributed by atoms with Crippen LogP contribution in [-0.2, 0) is 49.3 Å². The van der Waals surface area contributed by atoms with Gasteiger partial charge in [0.15, 0.2) is 17.7 Å². The number of hydrogen-bond acceptors (Lipinski definition) is 12. The van der Waals surface area contributed by atoms with Crippen LogP contribution >= 0.6 is 0 Å². The second kappa shape index (κ2) is 16.6. The minimum absolute atomic E-state index is 0.0251. The molecule has 3 fully saturated rings. The predicted molar refractivity (Wildman–Crippen MR) is 195 cm³/mol. The Morgan fingerprint density at radius 3 is 2.25 bits per heavy atom. The van der Waals surface area contributed by atoms with Crippen molar-refractivity contribution in [3.63, 3.8) is 0 Å². The van der Waals surface area contributed by atoms with Crippen molar-refractivity contribution in [3.8, 4) is 0 Å². The lowest BCUT2D eigenvalue weighted by atomic mass is 9.69. The molecule has 13 heteroatoms. The maximum atomic E-state index is 15.1. The van der Waals surface area contributed by atoms with Gasteiger partial charge in [0.05, 0.1) is 23.9 Å². The Balaban J connectivity index is 1.87. The third-order valence-corrected chi connectivity index (χ3v) is 11.9. The zero-order valence-corrected chi connectivity index (χ0v) is 33.2. The van der Waals surface area contributed by atoms with Gasteiger partial charge in [-0.2, -0.15) is 0 Å². The Morgan fingerprint density at radius 1 is 1.02 bits per heavy atom. The van der Waals surface area contributed by atoms with E-state index in [1.165, 1.54) is 14.0 Å². The normalized spacial score (nSPS) is 40.2. The van der Waals surface area contributed by atoms with Crippen molar-refractivity contribution >= 4 is 29.4 Å². The third kappa shape index (κ3) is 8.69. The first-order valence-electron chi connectivity index (χ1n) is 18.8. The van der Waals surface area contributed by atoms with Crippen molar-refractivity contribution in [1.29, 1.82) is 0 Å². The number of ketones is 3. The molecule has 296 valence electrons. The third-order valence-electron chi connectivity index (χ3n) is 11.9. The fourth-order valence-electron chi connectivity index (χ4n) is 8.72. The van der Waals surface area contributed by atoms with Crippen molar-refractivity contribution in [2.24, 2.45) is 23.2 Å². The second-order valence-electron chi connectivity index (χ2n) is 16.3. The summed E-state index contributed by atoms with van der Waals surface area (Å²) in [4.78, 5) is 72.4. The molecule has 0 aromatic heterocycles. The van der Waals surface area contributed by atoms with Crippen molar-refractivity contribution < 1.29 is 52.8 Å². The Bertz CT molecular complexity index is 1500. The minimum atomic E-state index is -2.03. The number of ether oxygens (including phenoxy) is 5. The minimum Gasteiger partial charge on any atom is -0.457 e. The molecule has 53 heavy (non-hydrogen) atoms. The highest BCUT2D eigenvalue weighted by molar-refractivity contribution is 6.08. The number of hydrogen-bond donors (Lipinski definition) is 2. The number of likely N-dealkylation sites (N-methyl/N-ethyl adjacent to an activating group) is 1. The monoisotopic (exact) mass is 744 g/mol. The molecule has 0 bridgehead atoms. The van der Waals surface area contributed by atoms with Crippen LogP contribution < -0.4 is 5.32 Å². The molecule has 4 rings (SSSR count). The molecular formula is C40H60N2O11. The zero-order chi connectivity index (χ0) is 39.6. The molecule has 13 nitrogen and oxygen atoms in total. The summed E-state index contributed by atoms with van der Waals surface area (Å²) in [6.45, 7) is 13.4. The Labute approximate surface area is 313 Å². The van der Waals surface area contributed by atoms with Crippen LogP contribution in [0.5, 0.6) is 0 Å². The van der Waals surface area contributed by atoms with Gasteiger partial charge in [0.1, 0.15) is 29.2 Å². The number of nitrogens with zero attached hydrogens (tertiary/aromatic N) is 1. The van der Waals surface area contributed by atoms with Crippen LogP contribution in [0.3, 0.4) is 0 Å². The predicted octanol–water partition coefficient (Wildman–Crippen LogP) is 4.05. The van der Waals surface area contributed by atoms with Gasteiger partial charge in [0.25, 0.3) is 0 Å². The van der Waals surface area contributed by atoms with E-state index >= 15 is 4.79 Å². The number of carbonyl (C=O) groups excluding carboxylic acids is 5. The molecule has 3 heterocycles. The van der Waals surface area contributed by atoms with E-state index in [4.69, 9.17) is 23.7 Å². The molecule has 1 aromatic carbocycles. The quantitative estimate of drug-likeness (QED) is 0.276. The lowest BCUT2D eigenvalue weighted by Crippen LogP contribution is -2.61. The first kappa shape index (κ1) is 42.5. The number of Topliss-reactive ketones (excluding diaryl/α,β-unsaturated/α-hetero) is 3. The van der Waals surface area contributed by atoms with E-state index in [9.17, 15) is 24.3 Å². The summed E-state index contributed by atoms with van der Waals surface area (Å²) < 4.78 is 30.9. The lowest BCUT2D eigenvalue weighted by molar-refractivity contribution is -0.295. The van der Waals surface area contributed by atoms with Gasteiger partial charge in [-0.15, -0.1) is 0 Å². The van der Waals surface area contributed by atoms with Gasteiger partial charge in [-0.1, -0.05) is 58.0 Å². The van der Waals surface area contributed by atoms with E-state index in [0.29, 0.717) is 6.42 Å². The Morgan fingerprint density at radius 2 is 1.66 bits per heavy atom. The maximum absolute atomic E-state index is 15.1. The molecule has 3 aliphatic heterocycles. The van der Waals surface area contributed by atoms with Gasteiger partial charge in [-0.05, 0) is 66.6 Å². The van der Waals surface area contributed by atoms with Gasteiger partial charge in [-0.3, -0.25) is 19.2 Å². The Hall–Kier alpha value is -3.23. The van der Waals surface area contributed by atoms with Crippen LogP contribution in [-0.4, -0.2) is 115 Å². The van der Waals surface area contributed by atoms with Crippen LogP contribution in [0, 0.1) is 23.2 Å². The fourth-order valence-corrected chi connectivity index (χ4v) is 8.72. The van der Waals surface area contributed by atoms with Crippen LogP contribution in [0.2, 0.25) is 0 Å². The number of aliphatic hydroxyl groups is 1. The summed E-state index contributed by atoms with van der Waals surface area (Å²) in [7, 11) is 5.14. The molecular weight excluding hydrogens is 684 g/mol. The topological polar surface area (TPSA) is 167 Å². The van der Waals surface area contributed by atoms with E-state index < -0.39 is 89.3 Å². The molecule has 3 aliphatic rings. The lowest BCUT2D eigenvalue weighted by Gasteiger charge is -2.47. The zero-order valence-electron chi connectivity index (χ0n) is 33.2. The van der Waals surface area contributed by atoms with Crippen molar-refractivity contribution in [2.75, 3.05) is 21.2 Å². The van der Waals surface area contributed by atoms with Crippen molar-refractivity contribution in [3.05, 3.63) is 35.9 Å². The van der Waals surface area contributed by atoms with Gasteiger partial charge in [0, 0.05) is 43.7 Å². The van der Waals surface area contributed by atoms with Gasteiger partial charge >= 0.3 is 12.1 Å². The van der Waals surface area contributed by atoms with Crippen LogP contribution in [0.15, 0.2) is 30.3 Å². The second-order valence-corrected chi connectivity index (χ2v) is 16.3. The van der Waals surface area contributed by atoms with Gasteiger partial charge in [0.2, 0.25) is 0 Å². The summed E-state index contributed by atoms with van der Waals surface area (Å²) in [6.07, 6.45) is -5.38. The summed E-state index contributed by atoms with van der Waals surface area (Å²) in [5.74, 6) is -4.81. The number of benzene rings is 1. The van der Waals surface area contributed by atoms with E-state index in [-0.39, 0.29) is 43.0 Å². The molecule has 0 saturated carbocycles. The molecule has 0 radical (unpaired) electrons. The molecule has 4 unspecified atom stereocenters. The standard InChI is InChI=1S/C40H60N2O11/c1-12-29-40(8)32(41-37(48)53-40)24(4)30(44)22(2)20-39(7,49-11)34(52-35-31(45)28(42(9)10)18-23(3)50-35)25(5)33(46)38(6,36(47)51-29)21-27(43)19-26-16-14-13-15-17-26/h13-17,22-25,28-29,31-32,34-35,45H,12,18-21H2,1-11H3,(H,41,48)/t22-,23-,24+,25+,28+,29-,31-,32?,34-,35?,38?,39+,40?/m1/s1. The summed E-state index contributed by atoms with van der Waals surface area (Å²) in [5.41, 5.74) is -4.15. The largest absolute Gasteiger partial charge is 0.457 e. The molecule has 0 aliphatic carbocycles. The smallest absolute Gasteiger partial charge is 0.408 e. The highest BCUT2D eigenvalue weighted by atomic mass is 16.7. The molecule has 1 aromatic rings. The maximum Gasteiger partial charge on any atom is 0.408 e. The summed E-state index contributed by atoms with van der Waals surface area (Å²) >= 11 is 0. The molecule has 3 saturated heterocycles. The number of cyclic esters (lactones) is 1. The molecule has 1 amide bonds. The van der Waals surface area contributed by atoms with E-state index in [1.807, 2.05) is 32.0 Å². The number of aliphatic hydroxyl groups excluding tert-OH is 1. The van der Waals surface area contributed by atoms with Gasteiger partial charge in [-0.25, -0.2) is 4.79 Å². The average molecular weight is 745 g/mol. The fraction of sp³-hybridized carbons (Fsp3) is 0.725. The van der Waals surface area contributed by atoms with Crippen LogP contribution in [0.4, 0.5) is 4.79 Å². The molecule has 2 N–H and O–H groups in total. The van der Waals surface area contributed by atoms with Crippen LogP contribution in [0.1, 0.15) is 86.6 Å². The van der Waals surface area contributed by atoms with Gasteiger partial charge < -0.3 is 39.0 Å². The van der Waals surface area contributed by atoms with Crippen molar-refractivity contribution in [2.45, 2.75) is 141 Å². The summed E-state index contributed by atoms with van der Waals surface area (Å²) in [5, 5.41) is 14.3. The number of alkyl carbamates (subject to hydrolysis) is 1. The van der Waals surface area contributed by atoms with E-state index in [2.05, 4.69) is 5.32 Å². The summed E-state index contributed by atoms with van der Waals surface area (Å²) in [6, 6.07) is 7.80. The van der Waals surface area contributed by atoms with E-state index in [0.717, 1.165) is 5.56 Å². The van der Waals surface area contributed by atoms with E-state index in [1.54, 1.807) is 65.8 Å². The molecule has 0 spiro atoms. The van der Waals surface area contributed by atoms with Crippen molar-refractivity contribution in [1.82, 2.24) is 10.2 Å². The first-order valence-corrected chi connectivity index (χ1v) is 18.8. The highest BCUT2D eigenvalue weighted by Crippen LogP contribution is 2.42. The van der Waals surface area contributed by atoms with Crippen LogP contribution in [0.25, 0.3) is 0 Å². The SMILES string of the molecule is CC[C@H]1OC(=O)C(C)(CC(=O)Cc2ccccc2)C(=O)[C@H](C)[C@@H](OC2O[C@H](C)C[C@H](N(C)C)[C@H]2O)[C@@](C)(OC)C[C@@H](C)C(=O)[C@H](C)C2NC(=O)OC21C. The number of esters is 1. The average Bonchev–Trinajstić information content (AvgIpc) is 3.42. The number of nitrogens with one attached hydrogen (secondary N) is 1.